The van der Waals surface area contributed by atoms with Gasteiger partial charge in [-0.2, -0.15) is 0 Å². The first-order valence-corrected chi connectivity index (χ1v) is 7.74. The van der Waals surface area contributed by atoms with Crippen LogP contribution in [0, 0.1) is 5.92 Å². The zero-order valence-electron chi connectivity index (χ0n) is 12.4. The summed E-state index contributed by atoms with van der Waals surface area (Å²) in [6, 6.07) is 11.9. The van der Waals surface area contributed by atoms with E-state index in [1.165, 1.54) is 44.3 Å². The monoisotopic (exact) mass is 260 g/mol. The fourth-order valence-electron chi connectivity index (χ4n) is 3.22. The molecular weight excluding hydrogens is 232 g/mol. The van der Waals surface area contributed by atoms with Gasteiger partial charge < -0.3 is 5.73 Å². The van der Waals surface area contributed by atoms with E-state index in [4.69, 9.17) is 5.73 Å². The molecule has 0 saturated carbocycles. The van der Waals surface area contributed by atoms with Crippen molar-refractivity contribution in [2.24, 2.45) is 11.7 Å². The minimum atomic E-state index is 0.331. The number of nitrogens with zero attached hydrogens (tertiary/aromatic N) is 1. The molecule has 2 nitrogen and oxygen atoms in total. The smallest absolute Gasteiger partial charge is 0.0133 e. The minimum absolute atomic E-state index is 0.331. The molecule has 3 unspecified atom stereocenters. The van der Waals surface area contributed by atoms with Gasteiger partial charge >= 0.3 is 0 Å². The van der Waals surface area contributed by atoms with E-state index >= 15 is 0 Å². The molecule has 3 atom stereocenters. The van der Waals surface area contributed by atoms with Crippen LogP contribution in [0.1, 0.15) is 38.7 Å². The SMILES string of the molecule is CCC(Cc1ccccc1)N1CCCC(C(C)N)C1. The number of nitrogens with two attached hydrogens (primary N) is 1. The third-order valence-corrected chi connectivity index (χ3v) is 4.53. The van der Waals surface area contributed by atoms with E-state index in [9.17, 15) is 0 Å². The molecule has 1 aliphatic heterocycles. The van der Waals surface area contributed by atoms with Crippen molar-refractivity contribution in [2.75, 3.05) is 13.1 Å². The molecule has 1 fully saturated rings. The van der Waals surface area contributed by atoms with Crippen molar-refractivity contribution in [3.63, 3.8) is 0 Å². The lowest BCUT2D eigenvalue weighted by atomic mass is 9.90. The van der Waals surface area contributed by atoms with Crippen LogP contribution in [0.2, 0.25) is 0 Å². The third kappa shape index (κ3) is 4.05. The van der Waals surface area contributed by atoms with Crippen molar-refractivity contribution in [2.45, 2.75) is 51.6 Å². The van der Waals surface area contributed by atoms with E-state index in [0.717, 1.165) is 0 Å². The standard InChI is InChI=1S/C17H28N2/c1-3-17(12-15-8-5-4-6-9-15)19-11-7-10-16(13-19)14(2)18/h4-6,8-9,14,16-17H,3,7,10-13,18H2,1-2H3. The Balaban J connectivity index is 1.97. The second kappa shape index (κ2) is 7.06. The van der Waals surface area contributed by atoms with Gasteiger partial charge in [0, 0.05) is 18.6 Å². The zero-order valence-corrected chi connectivity index (χ0v) is 12.4. The Morgan fingerprint density at radius 3 is 2.68 bits per heavy atom. The quantitative estimate of drug-likeness (QED) is 0.881. The van der Waals surface area contributed by atoms with Crippen LogP contribution in [0.3, 0.4) is 0 Å². The summed E-state index contributed by atoms with van der Waals surface area (Å²) in [7, 11) is 0. The van der Waals surface area contributed by atoms with Gasteiger partial charge in [-0.05, 0) is 50.6 Å². The Bertz CT molecular complexity index is 361. The highest BCUT2D eigenvalue weighted by atomic mass is 15.2. The Hall–Kier alpha value is -0.860. The summed E-state index contributed by atoms with van der Waals surface area (Å²) in [5.74, 6) is 0.679. The van der Waals surface area contributed by atoms with Crippen LogP contribution in [-0.4, -0.2) is 30.1 Å². The van der Waals surface area contributed by atoms with Gasteiger partial charge in [-0.25, -0.2) is 0 Å². The van der Waals surface area contributed by atoms with E-state index in [1.54, 1.807) is 0 Å². The summed E-state index contributed by atoms with van der Waals surface area (Å²) in [6.07, 6.45) is 5.00. The Labute approximate surface area is 118 Å². The molecular formula is C17H28N2. The van der Waals surface area contributed by atoms with Gasteiger partial charge in [-0.3, -0.25) is 4.90 Å². The lowest BCUT2D eigenvalue weighted by Crippen LogP contribution is -2.47. The van der Waals surface area contributed by atoms with Gasteiger partial charge in [-0.1, -0.05) is 37.3 Å². The number of piperidine rings is 1. The molecule has 0 amide bonds. The summed E-state index contributed by atoms with van der Waals surface area (Å²) in [6.45, 7) is 6.90. The average Bonchev–Trinajstić information content (AvgIpc) is 2.46. The van der Waals surface area contributed by atoms with Crippen molar-refractivity contribution in [3.8, 4) is 0 Å². The number of hydrogen-bond donors (Lipinski definition) is 1. The van der Waals surface area contributed by atoms with Crippen LogP contribution in [0.15, 0.2) is 30.3 Å². The van der Waals surface area contributed by atoms with Gasteiger partial charge in [0.05, 0.1) is 0 Å². The van der Waals surface area contributed by atoms with E-state index < -0.39 is 0 Å². The highest BCUT2D eigenvalue weighted by Crippen LogP contribution is 2.23. The summed E-state index contributed by atoms with van der Waals surface area (Å²) in [5.41, 5.74) is 7.55. The van der Waals surface area contributed by atoms with Crippen LogP contribution < -0.4 is 5.73 Å². The van der Waals surface area contributed by atoms with Gasteiger partial charge in [0.25, 0.3) is 0 Å². The summed E-state index contributed by atoms with van der Waals surface area (Å²) < 4.78 is 0. The van der Waals surface area contributed by atoms with E-state index in [1.807, 2.05) is 0 Å². The molecule has 0 radical (unpaired) electrons. The molecule has 0 bridgehead atoms. The second-order valence-corrected chi connectivity index (χ2v) is 6.01. The first-order valence-electron chi connectivity index (χ1n) is 7.74. The Morgan fingerprint density at radius 2 is 2.05 bits per heavy atom. The maximum atomic E-state index is 6.10. The van der Waals surface area contributed by atoms with Crippen LogP contribution in [0.5, 0.6) is 0 Å². The molecule has 1 aliphatic rings. The van der Waals surface area contributed by atoms with Crippen molar-refractivity contribution in [1.29, 1.82) is 0 Å². The van der Waals surface area contributed by atoms with Gasteiger partial charge in [0.15, 0.2) is 0 Å². The van der Waals surface area contributed by atoms with Crippen LogP contribution in [0.25, 0.3) is 0 Å². The second-order valence-electron chi connectivity index (χ2n) is 6.01. The van der Waals surface area contributed by atoms with Crippen molar-refractivity contribution in [3.05, 3.63) is 35.9 Å². The molecule has 19 heavy (non-hydrogen) atoms. The molecule has 0 aliphatic carbocycles. The van der Waals surface area contributed by atoms with Crippen LogP contribution >= 0.6 is 0 Å². The average molecular weight is 260 g/mol. The maximum absolute atomic E-state index is 6.10. The van der Waals surface area contributed by atoms with Crippen molar-refractivity contribution < 1.29 is 0 Å². The number of rotatable bonds is 5. The molecule has 0 spiro atoms. The Morgan fingerprint density at radius 1 is 1.32 bits per heavy atom. The van der Waals surface area contributed by atoms with E-state index in [-0.39, 0.29) is 0 Å². The molecule has 2 rings (SSSR count). The first kappa shape index (κ1) is 14.5. The van der Waals surface area contributed by atoms with Gasteiger partial charge in [-0.15, -0.1) is 0 Å². The summed E-state index contributed by atoms with van der Waals surface area (Å²) in [4.78, 5) is 2.67. The minimum Gasteiger partial charge on any atom is -0.328 e. The molecule has 2 heteroatoms. The Kier molecular flexibility index (Phi) is 5.41. The fraction of sp³-hybridized carbons (Fsp3) is 0.647. The number of hydrogen-bond acceptors (Lipinski definition) is 2. The van der Waals surface area contributed by atoms with Crippen molar-refractivity contribution in [1.82, 2.24) is 4.90 Å². The third-order valence-electron chi connectivity index (χ3n) is 4.53. The lowest BCUT2D eigenvalue weighted by Gasteiger charge is -2.39. The highest BCUT2D eigenvalue weighted by molar-refractivity contribution is 5.16. The topological polar surface area (TPSA) is 29.3 Å². The predicted octanol–water partition coefficient (Wildman–Crippen LogP) is 3.07. The number of benzene rings is 1. The fourth-order valence-corrected chi connectivity index (χ4v) is 3.22. The number of likely N-dealkylation sites (tertiary alicyclic amines) is 1. The van der Waals surface area contributed by atoms with Gasteiger partial charge in [0.2, 0.25) is 0 Å². The van der Waals surface area contributed by atoms with E-state index in [2.05, 4.69) is 49.1 Å². The molecule has 0 aromatic heterocycles. The first-order chi connectivity index (χ1) is 9.20. The summed E-state index contributed by atoms with van der Waals surface area (Å²) in [5, 5.41) is 0. The van der Waals surface area contributed by atoms with Crippen LogP contribution in [-0.2, 0) is 6.42 Å². The lowest BCUT2D eigenvalue weighted by molar-refractivity contribution is 0.110. The molecule has 106 valence electrons. The predicted molar refractivity (Wildman–Crippen MR) is 82.2 cm³/mol. The molecule has 2 N–H and O–H groups in total. The highest BCUT2D eigenvalue weighted by Gasteiger charge is 2.26. The molecule has 1 aromatic rings. The van der Waals surface area contributed by atoms with Crippen LogP contribution in [0.4, 0.5) is 0 Å². The van der Waals surface area contributed by atoms with E-state index in [0.29, 0.717) is 18.0 Å². The zero-order chi connectivity index (χ0) is 13.7. The molecule has 1 saturated heterocycles. The normalized spacial score (nSPS) is 24.1. The largest absolute Gasteiger partial charge is 0.328 e. The maximum Gasteiger partial charge on any atom is 0.0133 e. The van der Waals surface area contributed by atoms with Crippen molar-refractivity contribution >= 4 is 0 Å². The van der Waals surface area contributed by atoms with Gasteiger partial charge in [0.1, 0.15) is 0 Å². The molecule has 1 aromatic carbocycles. The summed E-state index contributed by atoms with van der Waals surface area (Å²) >= 11 is 0. The molecule has 1 heterocycles.